The van der Waals surface area contributed by atoms with Gasteiger partial charge in [-0.25, -0.2) is 4.39 Å². The predicted molar refractivity (Wildman–Crippen MR) is 37.3 cm³/mol. The molecule has 0 aromatic rings. The largest absolute Gasteiger partial charge is 0.426 e. The molecule has 0 fully saturated rings. The van der Waals surface area contributed by atoms with Crippen LogP contribution in [0.3, 0.4) is 0 Å². The highest BCUT2D eigenvalue weighted by Crippen LogP contribution is 2.45. The molecule has 96 valence electrons. The fraction of sp³-hybridized carbons (Fsp3) is 0.857. The summed E-state index contributed by atoms with van der Waals surface area (Å²) in [5, 5.41) is 8.47. The highest BCUT2D eigenvalue weighted by atomic mass is 19.4. The molecule has 0 radical (unpaired) electrons. The van der Waals surface area contributed by atoms with Gasteiger partial charge in [-0.1, -0.05) is 0 Å². The topological polar surface area (TPSA) is 37.3 Å². The summed E-state index contributed by atoms with van der Waals surface area (Å²) >= 11 is 0. The first kappa shape index (κ1) is 15.1. The van der Waals surface area contributed by atoms with Gasteiger partial charge in [0, 0.05) is 0 Å². The van der Waals surface area contributed by atoms with E-state index in [4.69, 9.17) is 5.11 Å². The number of halogens is 7. The van der Waals surface area contributed by atoms with Crippen molar-refractivity contribution in [3.63, 3.8) is 0 Å². The minimum Gasteiger partial charge on any atom is -0.373 e. The Morgan fingerprint density at radius 2 is 1.44 bits per heavy atom. The molecule has 0 spiro atoms. The molecule has 0 bridgehead atoms. The predicted octanol–water partition coefficient (Wildman–Crippen LogP) is 2.16. The number of ketones is 1. The van der Waals surface area contributed by atoms with E-state index in [1.807, 2.05) is 0 Å². The van der Waals surface area contributed by atoms with E-state index in [1.54, 1.807) is 0 Å². The summed E-state index contributed by atoms with van der Waals surface area (Å²) < 4.78 is 84.1. The van der Waals surface area contributed by atoms with Crippen LogP contribution < -0.4 is 0 Å². The summed E-state index contributed by atoms with van der Waals surface area (Å²) in [7, 11) is 0. The standard InChI is InChI=1S/C7H7F7O2/c1-3(8)4(15)2-5(16,6(9,10)11)7(12,13)14/h3,16H,2H2,1H3. The van der Waals surface area contributed by atoms with Gasteiger partial charge in [-0.3, -0.25) is 4.79 Å². The first-order valence-electron chi connectivity index (χ1n) is 3.85. The maximum Gasteiger partial charge on any atom is 0.426 e. The molecule has 0 amide bonds. The van der Waals surface area contributed by atoms with Crippen molar-refractivity contribution in [2.75, 3.05) is 0 Å². The van der Waals surface area contributed by atoms with E-state index in [0.717, 1.165) is 0 Å². The van der Waals surface area contributed by atoms with Crippen LogP contribution in [0.2, 0.25) is 0 Å². The lowest BCUT2D eigenvalue weighted by Crippen LogP contribution is -2.58. The van der Waals surface area contributed by atoms with Crippen molar-refractivity contribution in [3.05, 3.63) is 0 Å². The number of rotatable bonds is 3. The lowest BCUT2D eigenvalue weighted by molar-refractivity contribution is -0.367. The van der Waals surface area contributed by atoms with E-state index in [1.165, 1.54) is 0 Å². The maximum absolute atomic E-state index is 12.2. The molecule has 0 aromatic carbocycles. The summed E-state index contributed by atoms with van der Waals surface area (Å²) in [6.45, 7) is 0.482. The van der Waals surface area contributed by atoms with Gasteiger partial charge >= 0.3 is 12.4 Å². The first-order chi connectivity index (χ1) is 6.83. The molecule has 0 aliphatic heterocycles. The molecule has 0 aliphatic rings. The normalized spacial score (nSPS) is 16.1. The Bertz CT molecular complexity index is 251. The van der Waals surface area contributed by atoms with Gasteiger partial charge in [0.25, 0.3) is 5.60 Å². The number of carbonyl (C=O) groups is 1. The zero-order valence-corrected chi connectivity index (χ0v) is 7.79. The molecule has 1 atom stereocenters. The van der Waals surface area contributed by atoms with Crippen molar-refractivity contribution in [3.8, 4) is 0 Å². The Labute approximate surface area is 85.0 Å². The second-order valence-electron chi connectivity index (χ2n) is 3.11. The molecule has 0 rings (SSSR count). The van der Waals surface area contributed by atoms with Crippen LogP contribution in [0.4, 0.5) is 30.7 Å². The van der Waals surface area contributed by atoms with Gasteiger partial charge in [-0.2, -0.15) is 26.3 Å². The fourth-order valence-electron chi connectivity index (χ4n) is 0.754. The number of hydrogen-bond acceptors (Lipinski definition) is 2. The van der Waals surface area contributed by atoms with E-state index < -0.39 is 36.3 Å². The minimum atomic E-state index is -6.10. The zero-order chi connectivity index (χ0) is 13.4. The van der Waals surface area contributed by atoms with Gasteiger partial charge in [0.15, 0.2) is 12.0 Å². The Hall–Kier alpha value is -0.860. The van der Waals surface area contributed by atoms with Gasteiger partial charge in [0.05, 0.1) is 6.42 Å². The van der Waals surface area contributed by atoms with Crippen LogP contribution >= 0.6 is 0 Å². The van der Waals surface area contributed by atoms with Gasteiger partial charge < -0.3 is 5.11 Å². The monoisotopic (exact) mass is 256 g/mol. The summed E-state index contributed by atoms with van der Waals surface area (Å²) in [6, 6.07) is 0. The molecule has 16 heavy (non-hydrogen) atoms. The third-order valence-corrected chi connectivity index (χ3v) is 1.81. The van der Waals surface area contributed by atoms with Crippen molar-refractivity contribution < 1.29 is 40.6 Å². The summed E-state index contributed by atoms with van der Waals surface area (Å²) in [6.07, 6.45) is -17.1. The molecular formula is C7H7F7O2. The number of aliphatic hydroxyl groups is 1. The average Bonchev–Trinajstić information content (AvgIpc) is 1.99. The van der Waals surface area contributed by atoms with Crippen LogP contribution in [-0.2, 0) is 4.79 Å². The molecule has 1 N–H and O–H groups in total. The second kappa shape index (κ2) is 4.19. The van der Waals surface area contributed by atoms with E-state index in [-0.39, 0.29) is 0 Å². The number of Topliss-reactive ketones (excluding diaryl/α,β-unsaturated/α-hetero) is 1. The van der Waals surface area contributed by atoms with Gasteiger partial charge in [0.1, 0.15) is 0 Å². The van der Waals surface area contributed by atoms with E-state index >= 15 is 0 Å². The number of hydrogen-bond donors (Lipinski definition) is 1. The zero-order valence-electron chi connectivity index (χ0n) is 7.79. The highest BCUT2D eigenvalue weighted by molar-refractivity contribution is 5.83. The van der Waals surface area contributed by atoms with Crippen molar-refractivity contribution >= 4 is 5.78 Å². The lowest BCUT2D eigenvalue weighted by atomic mass is 9.94. The smallest absolute Gasteiger partial charge is 0.373 e. The van der Waals surface area contributed by atoms with Crippen LogP contribution in [0.15, 0.2) is 0 Å². The molecule has 2 nitrogen and oxygen atoms in total. The first-order valence-corrected chi connectivity index (χ1v) is 3.85. The fourth-order valence-corrected chi connectivity index (χ4v) is 0.754. The summed E-state index contributed by atoms with van der Waals surface area (Å²) in [5.41, 5.74) is -5.21. The van der Waals surface area contributed by atoms with Gasteiger partial charge in [-0.15, -0.1) is 0 Å². The Kier molecular flexibility index (Phi) is 3.96. The maximum atomic E-state index is 12.2. The van der Waals surface area contributed by atoms with Crippen molar-refractivity contribution in [1.29, 1.82) is 0 Å². The van der Waals surface area contributed by atoms with Crippen LogP contribution in [-0.4, -0.2) is 35.0 Å². The van der Waals surface area contributed by atoms with Gasteiger partial charge in [0.2, 0.25) is 0 Å². The van der Waals surface area contributed by atoms with Gasteiger partial charge in [-0.05, 0) is 6.92 Å². The van der Waals surface area contributed by atoms with Crippen LogP contribution in [0, 0.1) is 0 Å². The van der Waals surface area contributed by atoms with Crippen molar-refractivity contribution in [2.24, 2.45) is 0 Å². The minimum absolute atomic E-state index is 0.482. The van der Waals surface area contributed by atoms with E-state index in [0.29, 0.717) is 6.92 Å². The Morgan fingerprint density at radius 3 is 1.62 bits per heavy atom. The van der Waals surface area contributed by atoms with Crippen LogP contribution in [0.25, 0.3) is 0 Å². The number of alkyl halides is 7. The molecule has 0 saturated carbocycles. The molecule has 0 aliphatic carbocycles. The Morgan fingerprint density at radius 1 is 1.12 bits per heavy atom. The lowest BCUT2D eigenvalue weighted by Gasteiger charge is -2.31. The number of carbonyl (C=O) groups excluding carboxylic acids is 1. The van der Waals surface area contributed by atoms with Crippen LogP contribution in [0.1, 0.15) is 13.3 Å². The summed E-state index contributed by atoms with van der Waals surface area (Å²) in [4.78, 5) is 10.5. The quantitative estimate of drug-likeness (QED) is 0.785. The van der Waals surface area contributed by atoms with Crippen molar-refractivity contribution in [1.82, 2.24) is 0 Å². The Balaban J connectivity index is 5.22. The third-order valence-electron chi connectivity index (χ3n) is 1.81. The van der Waals surface area contributed by atoms with E-state index in [9.17, 15) is 35.5 Å². The SMILES string of the molecule is CC(F)C(=O)CC(O)(C(F)(F)F)C(F)(F)F. The summed E-state index contributed by atoms with van der Waals surface area (Å²) in [5.74, 6) is -1.97. The second-order valence-corrected chi connectivity index (χ2v) is 3.11. The highest BCUT2D eigenvalue weighted by Gasteiger charge is 2.71. The molecule has 1 unspecified atom stereocenters. The molecule has 0 saturated heterocycles. The van der Waals surface area contributed by atoms with Crippen molar-refractivity contribution in [2.45, 2.75) is 37.5 Å². The molecule has 0 heterocycles. The molecular weight excluding hydrogens is 249 g/mol. The average molecular weight is 256 g/mol. The van der Waals surface area contributed by atoms with Crippen LogP contribution in [0.5, 0.6) is 0 Å². The molecule has 0 aromatic heterocycles. The van der Waals surface area contributed by atoms with E-state index in [2.05, 4.69) is 0 Å². The third kappa shape index (κ3) is 2.83. The molecule has 9 heteroatoms.